The minimum absolute atomic E-state index is 0.118. The number of hydrogen-bond acceptors (Lipinski definition) is 3. The van der Waals surface area contributed by atoms with Gasteiger partial charge in [0.25, 0.3) is 11.3 Å². The molecular formula is C22H22F3NO3. The van der Waals surface area contributed by atoms with Crippen LogP contribution in [0.4, 0.5) is 13.2 Å². The van der Waals surface area contributed by atoms with Crippen molar-refractivity contribution in [3.05, 3.63) is 52.3 Å². The van der Waals surface area contributed by atoms with E-state index < -0.39 is 29.2 Å². The van der Waals surface area contributed by atoms with E-state index in [2.05, 4.69) is 0 Å². The van der Waals surface area contributed by atoms with E-state index >= 15 is 0 Å². The van der Waals surface area contributed by atoms with Gasteiger partial charge in [-0.1, -0.05) is 44.2 Å². The minimum Gasteiger partial charge on any atom is -0.489 e. The molecule has 0 aliphatic heterocycles. The highest BCUT2D eigenvalue weighted by atomic mass is 19.4. The Kier molecular flexibility index (Phi) is 5.68. The van der Waals surface area contributed by atoms with E-state index in [0.29, 0.717) is 29.1 Å². The third kappa shape index (κ3) is 3.61. The Morgan fingerprint density at radius 2 is 1.69 bits per heavy atom. The molecular weight excluding hydrogens is 383 g/mol. The first-order valence-electron chi connectivity index (χ1n) is 9.60. The molecule has 0 radical (unpaired) electrons. The number of aromatic nitrogens is 1. The number of fused-ring (bicyclic) bond motifs is 3. The highest BCUT2D eigenvalue weighted by molar-refractivity contribution is 6.12. The van der Waals surface area contributed by atoms with E-state index in [0.717, 1.165) is 5.39 Å². The van der Waals surface area contributed by atoms with Crippen LogP contribution in [-0.2, 0) is 6.54 Å². The summed E-state index contributed by atoms with van der Waals surface area (Å²) < 4.78 is 47.1. The number of benzene rings is 2. The number of nitrogens with zero attached hydrogens (tertiary/aromatic N) is 1. The molecule has 0 bridgehead atoms. The van der Waals surface area contributed by atoms with Crippen molar-refractivity contribution < 1.29 is 22.7 Å². The number of Topliss-reactive ketones (excluding diaryl/α,β-unsaturated/α-hetero) is 1. The van der Waals surface area contributed by atoms with Gasteiger partial charge in [0.1, 0.15) is 11.3 Å². The number of alkyl halides is 3. The van der Waals surface area contributed by atoms with E-state index in [-0.39, 0.29) is 12.3 Å². The van der Waals surface area contributed by atoms with Gasteiger partial charge >= 0.3 is 6.18 Å². The topological polar surface area (TPSA) is 48.3 Å². The fourth-order valence-corrected chi connectivity index (χ4v) is 3.59. The third-order valence-electron chi connectivity index (χ3n) is 5.10. The van der Waals surface area contributed by atoms with Gasteiger partial charge in [-0.15, -0.1) is 0 Å². The molecule has 29 heavy (non-hydrogen) atoms. The molecule has 0 N–H and O–H groups in total. The Morgan fingerprint density at radius 3 is 2.28 bits per heavy atom. The summed E-state index contributed by atoms with van der Waals surface area (Å²) in [5, 5.41) is 1.87. The number of rotatable bonds is 6. The molecule has 0 fully saturated rings. The van der Waals surface area contributed by atoms with Gasteiger partial charge in [0.15, 0.2) is 0 Å². The lowest BCUT2D eigenvalue weighted by Gasteiger charge is -2.22. The average Bonchev–Trinajstić information content (AvgIpc) is 2.70. The Hall–Kier alpha value is -2.83. The van der Waals surface area contributed by atoms with Crippen LogP contribution < -0.4 is 10.3 Å². The maximum absolute atomic E-state index is 13.3. The summed E-state index contributed by atoms with van der Waals surface area (Å²) in [5.74, 6) is -2.46. The summed E-state index contributed by atoms with van der Waals surface area (Å²) in [4.78, 5) is 25.3. The van der Waals surface area contributed by atoms with Crippen molar-refractivity contribution in [2.24, 2.45) is 0 Å². The number of ether oxygens (including phenoxy) is 1. The van der Waals surface area contributed by atoms with Crippen LogP contribution in [0.5, 0.6) is 5.75 Å². The van der Waals surface area contributed by atoms with Crippen molar-refractivity contribution in [3.63, 3.8) is 0 Å². The van der Waals surface area contributed by atoms with E-state index in [1.54, 1.807) is 31.2 Å². The summed E-state index contributed by atoms with van der Waals surface area (Å²) in [6, 6.07) is 10.7. The van der Waals surface area contributed by atoms with Crippen LogP contribution in [0.25, 0.3) is 21.7 Å². The molecule has 0 unspecified atom stereocenters. The summed E-state index contributed by atoms with van der Waals surface area (Å²) >= 11 is 0. The molecule has 0 aliphatic carbocycles. The second-order valence-electron chi connectivity index (χ2n) is 6.82. The number of ketones is 1. The van der Waals surface area contributed by atoms with Crippen molar-refractivity contribution in [1.82, 2.24) is 4.57 Å². The molecule has 0 saturated heterocycles. The van der Waals surface area contributed by atoms with Crippen LogP contribution in [0, 0.1) is 0 Å². The fraction of sp³-hybridized carbons (Fsp3) is 0.364. The summed E-state index contributed by atoms with van der Waals surface area (Å²) in [5.41, 5.74) is -1.47. The van der Waals surface area contributed by atoms with Gasteiger partial charge in [0, 0.05) is 17.3 Å². The lowest BCUT2D eigenvalue weighted by atomic mass is 10.0. The second-order valence-corrected chi connectivity index (χ2v) is 6.82. The summed E-state index contributed by atoms with van der Waals surface area (Å²) in [6.07, 6.45) is -4.54. The first-order chi connectivity index (χ1) is 13.7. The molecule has 0 atom stereocenters. The average molecular weight is 405 g/mol. The Balaban J connectivity index is 2.52. The highest BCUT2D eigenvalue weighted by Crippen LogP contribution is 2.36. The molecule has 0 saturated carbocycles. The zero-order valence-corrected chi connectivity index (χ0v) is 16.5. The summed E-state index contributed by atoms with van der Waals surface area (Å²) in [6.45, 7) is 5.45. The molecule has 1 aromatic heterocycles. The quantitative estimate of drug-likeness (QED) is 0.403. The van der Waals surface area contributed by atoms with Crippen LogP contribution in [0.2, 0.25) is 0 Å². The van der Waals surface area contributed by atoms with Crippen LogP contribution in [0.3, 0.4) is 0 Å². The van der Waals surface area contributed by atoms with E-state index in [4.69, 9.17) is 4.74 Å². The zero-order valence-electron chi connectivity index (χ0n) is 16.5. The molecule has 3 rings (SSSR count). The standard InChI is InChI=1S/C22H22F3NO3/c1-4-14(5-2)29-19-16-12-11-13-9-7-8-10-15(13)18(16)26(6-3)21(28)17(19)20(27)22(23,24)25/h7-12,14H,4-6H2,1-3H3. The van der Waals surface area contributed by atoms with Crippen LogP contribution >= 0.6 is 0 Å². The number of carbonyl (C=O) groups excluding carboxylic acids is 1. The minimum atomic E-state index is -5.18. The largest absolute Gasteiger partial charge is 0.489 e. The van der Waals surface area contributed by atoms with Crippen LogP contribution in [0.15, 0.2) is 41.2 Å². The fourth-order valence-electron chi connectivity index (χ4n) is 3.59. The van der Waals surface area contributed by atoms with Crippen molar-refractivity contribution in [1.29, 1.82) is 0 Å². The van der Waals surface area contributed by atoms with E-state index in [1.165, 1.54) is 4.57 Å². The monoisotopic (exact) mass is 405 g/mol. The highest BCUT2D eigenvalue weighted by Gasteiger charge is 2.44. The summed E-state index contributed by atoms with van der Waals surface area (Å²) in [7, 11) is 0. The lowest BCUT2D eigenvalue weighted by molar-refractivity contribution is -0.0888. The van der Waals surface area contributed by atoms with Crippen molar-refractivity contribution in [2.45, 2.75) is 52.4 Å². The van der Waals surface area contributed by atoms with E-state index in [1.807, 2.05) is 26.0 Å². The molecule has 1 heterocycles. The molecule has 2 aromatic carbocycles. The van der Waals surface area contributed by atoms with Gasteiger partial charge in [-0.25, -0.2) is 0 Å². The lowest BCUT2D eigenvalue weighted by Crippen LogP contribution is -2.34. The van der Waals surface area contributed by atoms with Crippen LogP contribution in [-0.4, -0.2) is 22.6 Å². The van der Waals surface area contributed by atoms with Gasteiger partial charge in [-0.3, -0.25) is 9.59 Å². The van der Waals surface area contributed by atoms with Gasteiger partial charge in [-0.05, 0) is 31.2 Å². The normalized spacial score (nSPS) is 12.1. The third-order valence-corrected chi connectivity index (χ3v) is 5.10. The Labute approximate surface area is 165 Å². The maximum Gasteiger partial charge on any atom is 0.455 e. The molecule has 154 valence electrons. The molecule has 0 spiro atoms. The van der Waals surface area contributed by atoms with Crippen molar-refractivity contribution in [3.8, 4) is 5.75 Å². The Bertz CT molecular complexity index is 1130. The van der Waals surface area contributed by atoms with Crippen LogP contribution in [0.1, 0.15) is 44.0 Å². The predicted molar refractivity (Wildman–Crippen MR) is 107 cm³/mol. The molecule has 0 aliphatic rings. The molecule has 4 nitrogen and oxygen atoms in total. The number of hydrogen-bond donors (Lipinski definition) is 0. The number of carbonyl (C=O) groups is 1. The van der Waals surface area contributed by atoms with E-state index in [9.17, 15) is 22.8 Å². The van der Waals surface area contributed by atoms with Gasteiger partial charge in [-0.2, -0.15) is 13.2 Å². The van der Waals surface area contributed by atoms with Crippen molar-refractivity contribution in [2.75, 3.05) is 0 Å². The number of pyridine rings is 1. The maximum atomic E-state index is 13.3. The SMILES string of the molecule is CCC(CC)Oc1c(C(=O)C(F)(F)F)c(=O)n(CC)c2c1ccc1ccccc12. The molecule has 7 heteroatoms. The second kappa shape index (κ2) is 7.89. The zero-order chi connectivity index (χ0) is 21.3. The van der Waals surface area contributed by atoms with Gasteiger partial charge in [0.05, 0.1) is 11.6 Å². The number of halogens is 3. The molecule has 3 aromatic rings. The van der Waals surface area contributed by atoms with Gasteiger partial charge in [0.2, 0.25) is 0 Å². The number of aryl methyl sites for hydroxylation is 1. The predicted octanol–water partition coefficient (Wildman–Crippen LogP) is 5.49. The van der Waals surface area contributed by atoms with Crippen molar-refractivity contribution >= 4 is 27.5 Å². The molecule has 0 amide bonds. The first-order valence-corrected chi connectivity index (χ1v) is 9.60. The first kappa shape index (κ1) is 20.9. The Morgan fingerprint density at radius 1 is 1.03 bits per heavy atom. The smallest absolute Gasteiger partial charge is 0.455 e. The van der Waals surface area contributed by atoms with Gasteiger partial charge < -0.3 is 9.30 Å².